The number of hydrogen-bond acceptors (Lipinski definition) is 5. The van der Waals surface area contributed by atoms with Gasteiger partial charge in [-0.15, -0.1) is 0 Å². The van der Waals surface area contributed by atoms with E-state index in [1.54, 1.807) is 13.0 Å². The van der Waals surface area contributed by atoms with E-state index < -0.39 is 10.8 Å². The monoisotopic (exact) mass is 346 g/mol. The van der Waals surface area contributed by atoms with Crippen LogP contribution >= 0.6 is 0 Å². The van der Waals surface area contributed by atoms with E-state index in [1.807, 2.05) is 0 Å². The van der Waals surface area contributed by atoms with Crippen molar-refractivity contribution in [3.8, 4) is 0 Å². The Bertz CT molecular complexity index is 703. The van der Waals surface area contributed by atoms with Gasteiger partial charge >= 0.3 is 5.97 Å². The molecule has 7 heteroatoms. The number of nitro benzene ring substituents is 1. The SMILES string of the molecule is Cc1ccc([N+](=O)[O-])cc1NC(=O)COC(=O)C[C@H]1C[C@H]2CC[C@@H]1C2. The van der Waals surface area contributed by atoms with Gasteiger partial charge in [-0.25, -0.2) is 0 Å². The molecule has 2 aliphatic carbocycles. The van der Waals surface area contributed by atoms with Gasteiger partial charge in [0.05, 0.1) is 10.6 Å². The number of hydrogen-bond donors (Lipinski definition) is 1. The Morgan fingerprint density at radius 1 is 1.32 bits per heavy atom. The van der Waals surface area contributed by atoms with Gasteiger partial charge in [0.2, 0.25) is 0 Å². The number of amides is 1. The van der Waals surface area contributed by atoms with Crippen molar-refractivity contribution in [2.75, 3.05) is 11.9 Å². The topological polar surface area (TPSA) is 98.5 Å². The number of rotatable bonds is 6. The van der Waals surface area contributed by atoms with Crippen LogP contribution < -0.4 is 5.32 Å². The number of non-ortho nitro benzene ring substituents is 1. The molecule has 0 radical (unpaired) electrons. The van der Waals surface area contributed by atoms with Crippen LogP contribution in [-0.2, 0) is 14.3 Å². The maximum absolute atomic E-state index is 12.0. The predicted molar refractivity (Wildman–Crippen MR) is 91.0 cm³/mol. The fraction of sp³-hybridized carbons (Fsp3) is 0.556. The fourth-order valence-electron chi connectivity index (χ4n) is 4.09. The van der Waals surface area contributed by atoms with Crippen LogP contribution in [0.25, 0.3) is 0 Å². The maximum atomic E-state index is 12.0. The van der Waals surface area contributed by atoms with Crippen LogP contribution in [0.15, 0.2) is 18.2 Å². The van der Waals surface area contributed by atoms with E-state index in [0.717, 1.165) is 12.3 Å². The van der Waals surface area contributed by atoms with E-state index in [1.165, 1.54) is 31.4 Å². The summed E-state index contributed by atoms with van der Waals surface area (Å²) in [6.45, 7) is 1.36. The standard InChI is InChI=1S/C18H22N2O5/c1-11-2-5-15(20(23)24)9-16(11)19-17(21)10-25-18(22)8-14-7-12-3-4-13(14)6-12/h2,5,9,12-14H,3-4,6-8,10H2,1H3,(H,19,21)/t12-,13+,14+/m0/s1. The minimum Gasteiger partial charge on any atom is -0.456 e. The van der Waals surface area contributed by atoms with Gasteiger partial charge in [-0.2, -0.15) is 0 Å². The van der Waals surface area contributed by atoms with Crippen molar-refractivity contribution in [1.82, 2.24) is 0 Å². The number of fused-ring (bicyclic) bond motifs is 2. The molecule has 1 aromatic rings. The summed E-state index contributed by atoms with van der Waals surface area (Å²) >= 11 is 0. The minimum atomic E-state index is -0.523. The third-order valence-corrected chi connectivity index (χ3v) is 5.38. The third-order valence-electron chi connectivity index (χ3n) is 5.38. The van der Waals surface area contributed by atoms with Gasteiger partial charge in [-0.05, 0) is 49.5 Å². The highest BCUT2D eigenvalue weighted by atomic mass is 16.6. The van der Waals surface area contributed by atoms with Crippen molar-refractivity contribution >= 4 is 23.3 Å². The van der Waals surface area contributed by atoms with Gasteiger partial charge in [-0.3, -0.25) is 19.7 Å². The molecule has 2 saturated carbocycles. The Morgan fingerprint density at radius 2 is 2.12 bits per heavy atom. The van der Waals surface area contributed by atoms with Crippen LogP contribution in [0.3, 0.4) is 0 Å². The van der Waals surface area contributed by atoms with Crippen LogP contribution in [0.5, 0.6) is 0 Å². The number of nitrogens with zero attached hydrogens (tertiary/aromatic N) is 1. The minimum absolute atomic E-state index is 0.103. The van der Waals surface area contributed by atoms with E-state index >= 15 is 0 Å². The van der Waals surface area contributed by atoms with Crippen LogP contribution in [-0.4, -0.2) is 23.4 Å². The molecular formula is C18H22N2O5. The summed E-state index contributed by atoms with van der Waals surface area (Å²) in [6, 6.07) is 4.24. The molecule has 0 aromatic heterocycles. The molecule has 7 nitrogen and oxygen atoms in total. The second kappa shape index (κ2) is 7.21. The zero-order valence-corrected chi connectivity index (χ0v) is 14.2. The zero-order chi connectivity index (χ0) is 18.0. The maximum Gasteiger partial charge on any atom is 0.306 e. The second-order valence-electron chi connectivity index (χ2n) is 7.10. The summed E-state index contributed by atoms with van der Waals surface area (Å²) in [5.41, 5.74) is 0.949. The average Bonchev–Trinajstić information content (AvgIpc) is 3.17. The van der Waals surface area contributed by atoms with Crippen molar-refractivity contribution < 1.29 is 19.2 Å². The molecule has 2 bridgehead atoms. The first-order valence-electron chi connectivity index (χ1n) is 8.63. The van der Waals surface area contributed by atoms with Gasteiger partial charge in [0.25, 0.3) is 11.6 Å². The Labute approximate surface area is 145 Å². The lowest BCUT2D eigenvalue weighted by atomic mass is 9.86. The van der Waals surface area contributed by atoms with E-state index in [0.29, 0.717) is 29.5 Å². The molecule has 0 saturated heterocycles. The highest BCUT2D eigenvalue weighted by Crippen LogP contribution is 2.49. The van der Waals surface area contributed by atoms with Gasteiger partial charge in [-0.1, -0.05) is 12.5 Å². The number of anilines is 1. The molecule has 1 aromatic carbocycles. The average molecular weight is 346 g/mol. The largest absolute Gasteiger partial charge is 0.456 e. The molecule has 0 heterocycles. The number of nitrogens with one attached hydrogen (secondary N) is 1. The van der Waals surface area contributed by atoms with Crippen LogP contribution in [0.1, 0.15) is 37.7 Å². The highest BCUT2D eigenvalue weighted by Gasteiger charge is 2.40. The predicted octanol–water partition coefficient (Wildman–Crippen LogP) is 3.21. The molecule has 0 unspecified atom stereocenters. The molecule has 134 valence electrons. The Balaban J connectivity index is 1.47. The van der Waals surface area contributed by atoms with E-state index in [2.05, 4.69) is 5.32 Å². The molecule has 3 rings (SSSR count). The lowest BCUT2D eigenvalue weighted by Gasteiger charge is -2.20. The molecule has 3 atom stereocenters. The van der Waals surface area contributed by atoms with Crippen molar-refractivity contribution in [3.63, 3.8) is 0 Å². The molecule has 2 aliphatic rings. The number of nitro groups is 1. The van der Waals surface area contributed by atoms with Gasteiger partial charge in [0, 0.05) is 18.6 Å². The summed E-state index contributed by atoms with van der Waals surface area (Å²) in [6.07, 6.45) is 5.18. The highest BCUT2D eigenvalue weighted by molar-refractivity contribution is 5.93. The summed E-state index contributed by atoms with van der Waals surface area (Å²) in [7, 11) is 0. The van der Waals surface area contributed by atoms with Crippen LogP contribution in [0.2, 0.25) is 0 Å². The molecule has 0 aliphatic heterocycles. The number of ether oxygens (including phenoxy) is 1. The first kappa shape index (κ1) is 17.4. The number of esters is 1. The molecule has 2 fully saturated rings. The summed E-state index contributed by atoms with van der Waals surface area (Å²) in [4.78, 5) is 34.2. The normalized spacial score (nSPS) is 24.1. The van der Waals surface area contributed by atoms with E-state index in [4.69, 9.17) is 4.74 Å². The lowest BCUT2D eigenvalue weighted by molar-refractivity contribution is -0.384. The van der Waals surface area contributed by atoms with Crippen molar-refractivity contribution in [1.29, 1.82) is 0 Å². The summed E-state index contributed by atoms with van der Waals surface area (Å²) < 4.78 is 5.08. The number of carbonyl (C=O) groups excluding carboxylic acids is 2. The number of aryl methyl sites for hydroxylation is 1. The van der Waals surface area contributed by atoms with E-state index in [9.17, 15) is 19.7 Å². The number of carbonyl (C=O) groups is 2. The molecule has 25 heavy (non-hydrogen) atoms. The summed E-state index contributed by atoms with van der Waals surface area (Å²) in [5.74, 6) is 0.962. The van der Waals surface area contributed by atoms with Crippen molar-refractivity contribution in [3.05, 3.63) is 33.9 Å². The second-order valence-corrected chi connectivity index (χ2v) is 7.10. The van der Waals surface area contributed by atoms with Crippen LogP contribution in [0.4, 0.5) is 11.4 Å². The smallest absolute Gasteiger partial charge is 0.306 e. The Kier molecular flexibility index (Phi) is 5.01. The van der Waals surface area contributed by atoms with Crippen molar-refractivity contribution in [2.24, 2.45) is 17.8 Å². The van der Waals surface area contributed by atoms with Crippen molar-refractivity contribution in [2.45, 2.75) is 39.0 Å². The molecule has 1 amide bonds. The van der Waals surface area contributed by atoms with Gasteiger partial charge < -0.3 is 10.1 Å². The molecule has 1 N–H and O–H groups in total. The quantitative estimate of drug-likeness (QED) is 0.484. The number of benzene rings is 1. The fourth-order valence-corrected chi connectivity index (χ4v) is 4.09. The first-order valence-corrected chi connectivity index (χ1v) is 8.63. The van der Waals surface area contributed by atoms with Gasteiger partial charge in [0.1, 0.15) is 0 Å². The third kappa shape index (κ3) is 4.15. The first-order chi connectivity index (χ1) is 11.9. The molecule has 0 spiro atoms. The Hall–Kier alpha value is -2.44. The van der Waals surface area contributed by atoms with E-state index in [-0.39, 0.29) is 18.3 Å². The summed E-state index contributed by atoms with van der Waals surface area (Å²) in [5, 5.41) is 13.4. The zero-order valence-electron chi connectivity index (χ0n) is 14.2. The van der Waals surface area contributed by atoms with Crippen LogP contribution in [0, 0.1) is 34.8 Å². The molecular weight excluding hydrogens is 324 g/mol. The lowest BCUT2D eigenvalue weighted by Crippen LogP contribution is -2.23. The van der Waals surface area contributed by atoms with Gasteiger partial charge in [0.15, 0.2) is 6.61 Å². The Morgan fingerprint density at radius 3 is 2.76 bits per heavy atom.